The normalized spacial score (nSPS) is 13.6. The average Bonchev–Trinajstić information content (AvgIpc) is 3.41. The van der Waals surface area contributed by atoms with Crippen molar-refractivity contribution in [3.8, 4) is 11.1 Å². The van der Waals surface area contributed by atoms with E-state index >= 15 is 0 Å². The molecular weight excluding hydrogens is 440 g/mol. The topological polar surface area (TPSA) is 76.2 Å². The number of nitrogens with zero attached hydrogens (tertiary/aromatic N) is 5. The van der Waals surface area contributed by atoms with Crippen molar-refractivity contribution in [1.29, 1.82) is 0 Å². The van der Waals surface area contributed by atoms with Crippen LogP contribution in [0.3, 0.4) is 0 Å². The highest BCUT2D eigenvalue weighted by molar-refractivity contribution is 6.05. The molecular formula is C25H25F2N5O2. The third-order valence-corrected chi connectivity index (χ3v) is 6.48. The van der Waals surface area contributed by atoms with Gasteiger partial charge in [0, 0.05) is 54.7 Å². The zero-order valence-electron chi connectivity index (χ0n) is 19.2. The summed E-state index contributed by atoms with van der Waals surface area (Å²) in [5.74, 6) is -0.439. The van der Waals surface area contributed by atoms with E-state index in [-0.39, 0.29) is 11.1 Å². The summed E-state index contributed by atoms with van der Waals surface area (Å²) in [5, 5.41) is 14.5. The Hall–Kier alpha value is -3.75. The van der Waals surface area contributed by atoms with Crippen LogP contribution < -0.4 is 4.90 Å². The molecule has 0 aliphatic carbocycles. The van der Waals surface area contributed by atoms with Gasteiger partial charge in [-0.05, 0) is 56.0 Å². The SMILES string of the molecule is CCn1cc(C(=O)O)c2cc(N3CCCc4cc(-c5cnn(C)c5)c(C(F)F)cc43)nc(C)c21. The van der Waals surface area contributed by atoms with Crippen LogP contribution in [0.4, 0.5) is 20.3 Å². The number of aromatic carboxylic acids is 1. The molecule has 0 spiro atoms. The predicted molar refractivity (Wildman–Crippen MR) is 126 cm³/mol. The van der Waals surface area contributed by atoms with Gasteiger partial charge in [0.15, 0.2) is 0 Å². The van der Waals surface area contributed by atoms with Gasteiger partial charge in [0.1, 0.15) is 5.82 Å². The quantitative estimate of drug-likeness (QED) is 0.422. The van der Waals surface area contributed by atoms with E-state index in [0.29, 0.717) is 46.8 Å². The predicted octanol–water partition coefficient (Wildman–Crippen LogP) is 5.49. The van der Waals surface area contributed by atoms with Gasteiger partial charge in [-0.25, -0.2) is 18.6 Å². The molecule has 34 heavy (non-hydrogen) atoms. The van der Waals surface area contributed by atoms with Crippen molar-refractivity contribution >= 4 is 28.4 Å². The molecule has 4 heterocycles. The van der Waals surface area contributed by atoms with E-state index in [9.17, 15) is 18.7 Å². The molecule has 1 aliphatic heterocycles. The molecule has 3 aromatic heterocycles. The van der Waals surface area contributed by atoms with E-state index < -0.39 is 12.4 Å². The number of aromatic nitrogens is 4. The van der Waals surface area contributed by atoms with Crippen molar-refractivity contribution < 1.29 is 18.7 Å². The minimum Gasteiger partial charge on any atom is -0.478 e. The number of benzene rings is 1. The van der Waals surface area contributed by atoms with Gasteiger partial charge in [-0.3, -0.25) is 4.68 Å². The number of aryl methyl sites for hydroxylation is 4. The minimum absolute atomic E-state index is 0.0557. The number of anilines is 2. The first-order valence-corrected chi connectivity index (χ1v) is 11.2. The van der Waals surface area contributed by atoms with Crippen LogP contribution in [0.1, 0.15) is 46.9 Å². The van der Waals surface area contributed by atoms with Crippen molar-refractivity contribution in [3.05, 3.63) is 59.2 Å². The Kier molecular flexibility index (Phi) is 5.34. The van der Waals surface area contributed by atoms with E-state index in [4.69, 9.17) is 4.98 Å². The highest BCUT2D eigenvalue weighted by Gasteiger charge is 2.26. The number of carboxylic acids is 1. The van der Waals surface area contributed by atoms with Crippen LogP contribution in [0.5, 0.6) is 0 Å². The number of hydrogen-bond donors (Lipinski definition) is 1. The molecule has 1 aliphatic rings. The summed E-state index contributed by atoms with van der Waals surface area (Å²) in [7, 11) is 1.76. The lowest BCUT2D eigenvalue weighted by atomic mass is 9.93. The van der Waals surface area contributed by atoms with Gasteiger partial charge >= 0.3 is 5.97 Å². The van der Waals surface area contributed by atoms with Crippen LogP contribution in [0.25, 0.3) is 22.0 Å². The Morgan fingerprint density at radius 2 is 2.03 bits per heavy atom. The molecule has 0 saturated heterocycles. The highest BCUT2D eigenvalue weighted by atomic mass is 19.3. The first kappa shape index (κ1) is 22.1. The van der Waals surface area contributed by atoms with E-state index in [2.05, 4.69) is 5.10 Å². The molecule has 7 nitrogen and oxygen atoms in total. The Morgan fingerprint density at radius 3 is 2.68 bits per heavy atom. The second-order valence-corrected chi connectivity index (χ2v) is 8.62. The first-order chi connectivity index (χ1) is 16.3. The molecule has 0 radical (unpaired) electrons. The Morgan fingerprint density at radius 1 is 1.24 bits per heavy atom. The van der Waals surface area contributed by atoms with E-state index in [1.807, 2.05) is 29.4 Å². The van der Waals surface area contributed by atoms with Gasteiger partial charge in [-0.1, -0.05) is 0 Å². The second-order valence-electron chi connectivity index (χ2n) is 8.62. The van der Waals surface area contributed by atoms with Gasteiger partial charge in [0.05, 0.1) is 23.0 Å². The van der Waals surface area contributed by atoms with Gasteiger partial charge in [0.2, 0.25) is 0 Å². The van der Waals surface area contributed by atoms with Crippen LogP contribution in [0.2, 0.25) is 0 Å². The van der Waals surface area contributed by atoms with Crippen LogP contribution >= 0.6 is 0 Å². The molecule has 1 N–H and O–H groups in total. The van der Waals surface area contributed by atoms with Crippen molar-refractivity contribution in [1.82, 2.24) is 19.3 Å². The van der Waals surface area contributed by atoms with E-state index in [1.165, 1.54) is 0 Å². The highest BCUT2D eigenvalue weighted by Crippen LogP contribution is 2.41. The Bertz CT molecular complexity index is 1420. The van der Waals surface area contributed by atoms with Gasteiger partial charge in [-0.15, -0.1) is 0 Å². The fourth-order valence-electron chi connectivity index (χ4n) is 4.94. The average molecular weight is 466 g/mol. The second kappa shape index (κ2) is 8.23. The first-order valence-electron chi connectivity index (χ1n) is 11.2. The summed E-state index contributed by atoms with van der Waals surface area (Å²) in [5.41, 5.74) is 4.42. The summed E-state index contributed by atoms with van der Waals surface area (Å²) >= 11 is 0. The Labute approximate surface area is 195 Å². The van der Waals surface area contributed by atoms with Crippen molar-refractivity contribution in [2.45, 2.75) is 39.7 Å². The number of hydrogen-bond acceptors (Lipinski definition) is 4. The number of carbonyl (C=O) groups is 1. The lowest BCUT2D eigenvalue weighted by Gasteiger charge is -2.32. The molecule has 0 amide bonds. The number of alkyl halides is 2. The zero-order valence-corrected chi connectivity index (χ0v) is 19.2. The van der Waals surface area contributed by atoms with Crippen LogP contribution in [-0.2, 0) is 20.0 Å². The van der Waals surface area contributed by atoms with Crippen LogP contribution in [0, 0.1) is 6.92 Å². The lowest BCUT2D eigenvalue weighted by molar-refractivity contribution is 0.0698. The number of carboxylic acid groups (broad SMARTS) is 1. The third kappa shape index (κ3) is 3.52. The molecule has 9 heteroatoms. The summed E-state index contributed by atoms with van der Waals surface area (Å²) < 4.78 is 31.8. The van der Waals surface area contributed by atoms with Crippen molar-refractivity contribution in [2.24, 2.45) is 7.05 Å². The van der Waals surface area contributed by atoms with E-state index in [0.717, 1.165) is 23.9 Å². The molecule has 0 fully saturated rings. The number of pyridine rings is 1. The molecule has 0 atom stereocenters. The minimum atomic E-state index is -2.65. The fourth-order valence-corrected chi connectivity index (χ4v) is 4.94. The maximum Gasteiger partial charge on any atom is 0.337 e. The van der Waals surface area contributed by atoms with E-state index in [1.54, 1.807) is 42.5 Å². The lowest BCUT2D eigenvalue weighted by Crippen LogP contribution is -2.26. The standard InChI is InChI=1S/C25H25F2N5O2/c1-4-31-13-20(25(33)34)18-10-22(29-14(2)23(18)31)32-7-5-6-15-8-17(16-11-28-30(3)12-16)19(24(26)27)9-21(15)32/h8-13,24H,4-7H2,1-3H3,(H,33,34). The maximum atomic E-state index is 14.1. The van der Waals surface area contributed by atoms with Crippen LogP contribution in [-0.4, -0.2) is 37.0 Å². The van der Waals surface area contributed by atoms with Crippen LogP contribution in [0.15, 0.2) is 36.8 Å². The van der Waals surface area contributed by atoms with Gasteiger partial charge in [0.25, 0.3) is 6.43 Å². The smallest absolute Gasteiger partial charge is 0.337 e. The summed E-state index contributed by atoms with van der Waals surface area (Å²) in [6.45, 7) is 5.03. The molecule has 0 bridgehead atoms. The fraction of sp³-hybridized carbons (Fsp3) is 0.320. The number of halogens is 2. The molecule has 4 aromatic rings. The van der Waals surface area contributed by atoms with Crippen molar-refractivity contribution in [3.63, 3.8) is 0 Å². The number of fused-ring (bicyclic) bond motifs is 2. The molecule has 0 saturated carbocycles. The third-order valence-electron chi connectivity index (χ3n) is 6.48. The summed E-state index contributed by atoms with van der Waals surface area (Å²) in [6, 6.07) is 5.16. The molecule has 176 valence electrons. The van der Waals surface area contributed by atoms with Gasteiger partial charge in [-0.2, -0.15) is 5.10 Å². The largest absolute Gasteiger partial charge is 0.478 e. The number of rotatable bonds is 5. The summed E-state index contributed by atoms with van der Waals surface area (Å²) in [4.78, 5) is 18.6. The monoisotopic (exact) mass is 465 g/mol. The Balaban J connectivity index is 1.68. The maximum absolute atomic E-state index is 14.1. The zero-order chi connectivity index (χ0) is 24.1. The molecule has 5 rings (SSSR count). The van der Waals surface area contributed by atoms with Crippen molar-refractivity contribution in [2.75, 3.05) is 11.4 Å². The summed E-state index contributed by atoms with van der Waals surface area (Å²) in [6.07, 6.45) is 3.89. The van der Waals surface area contributed by atoms with Gasteiger partial charge < -0.3 is 14.6 Å². The molecule has 1 aromatic carbocycles. The molecule has 0 unspecified atom stereocenters.